The van der Waals surface area contributed by atoms with Crippen LogP contribution in [0.2, 0.25) is 0 Å². The first-order valence-corrected chi connectivity index (χ1v) is 8.63. The number of hydrogen-bond donors (Lipinski definition) is 1. The molecule has 0 aliphatic rings. The van der Waals surface area contributed by atoms with Crippen molar-refractivity contribution in [3.63, 3.8) is 0 Å². The van der Waals surface area contributed by atoms with Crippen LogP contribution in [0.5, 0.6) is 11.5 Å². The Kier molecular flexibility index (Phi) is 5.39. The molecule has 0 radical (unpaired) electrons. The van der Waals surface area contributed by atoms with Crippen molar-refractivity contribution in [1.82, 2.24) is 9.97 Å². The number of ether oxygens (including phenoxy) is 2. The summed E-state index contributed by atoms with van der Waals surface area (Å²) in [6.07, 6.45) is 3.23. The van der Waals surface area contributed by atoms with E-state index < -0.39 is 0 Å². The Morgan fingerprint density at radius 2 is 1.40 bits per heavy atom. The van der Waals surface area contributed by atoms with E-state index in [1.165, 1.54) is 0 Å². The lowest BCUT2D eigenvalue weighted by Crippen LogP contribution is -1.87. The molecule has 0 saturated heterocycles. The molecule has 0 unspecified atom stereocenters. The zero-order valence-electron chi connectivity index (χ0n) is 15.0. The first-order chi connectivity index (χ1) is 12.2. The number of unbranched alkanes of at least 4 members (excludes halogenated alkanes) is 1. The Hall–Kier alpha value is -2.75. The number of aryl methyl sites for hydroxylation is 1. The minimum atomic E-state index is 0.844. The normalized spacial score (nSPS) is 10.7. The highest BCUT2D eigenvalue weighted by Gasteiger charge is 2.14. The Balaban J connectivity index is 2.02. The largest absolute Gasteiger partial charge is 0.497 e. The molecule has 25 heavy (non-hydrogen) atoms. The van der Waals surface area contributed by atoms with Crippen LogP contribution in [0.1, 0.15) is 25.6 Å². The number of aromatic nitrogens is 2. The summed E-state index contributed by atoms with van der Waals surface area (Å²) in [4.78, 5) is 8.38. The van der Waals surface area contributed by atoms with E-state index in [-0.39, 0.29) is 0 Å². The van der Waals surface area contributed by atoms with Crippen LogP contribution in [0.4, 0.5) is 0 Å². The van der Waals surface area contributed by atoms with Gasteiger partial charge in [-0.1, -0.05) is 13.3 Å². The van der Waals surface area contributed by atoms with Crippen LogP contribution < -0.4 is 9.47 Å². The predicted molar refractivity (Wildman–Crippen MR) is 101 cm³/mol. The number of hydrogen-bond acceptors (Lipinski definition) is 3. The summed E-state index contributed by atoms with van der Waals surface area (Å²) < 4.78 is 10.5. The maximum absolute atomic E-state index is 5.26. The second-order valence-corrected chi connectivity index (χ2v) is 5.97. The van der Waals surface area contributed by atoms with E-state index in [1.807, 2.05) is 36.4 Å². The molecule has 0 atom stereocenters. The van der Waals surface area contributed by atoms with Crippen molar-refractivity contribution in [1.29, 1.82) is 0 Å². The summed E-state index contributed by atoms with van der Waals surface area (Å²) in [6.45, 7) is 2.19. The molecule has 0 amide bonds. The molecular formula is C21H24N2O2. The van der Waals surface area contributed by atoms with Gasteiger partial charge in [-0.15, -0.1) is 0 Å². The summed E-state index contributed by atoms with van der Waals surface area (Å²) in [5.41, 5.74) is 4.19. The van der Waals surface area contributed by atoms with Gasteiger partial charge in [0.1, 0.15) is 17.3 Å². The lowest BCUT2D eigenvalue weighted by Gasteiger charge is -2.06. The molecule has 0 aliphatic heterocycles. The van der Waals surface area contributed by atoms with Gasteiger partial charge in [-0.05, 0) is 55.0 Å². The summed E-state index contributed by atoms with van der Waals surface area (Å²) in [5, 5.41) is 0. The van der Waals surface area contributed by atoms with Gasteiger partial charge in [-0.2, -0.15) is 0 Å². The van der Waals surface area contributed by atoms with Gasteiger partial charge in [0.15, 0.2) is 0 Å². The van der Waals surface area contributed by atoms with E-state index in [9.17, 15) is 0 Å². The van der Waals surface area contributed by atoms with Crippen molar-refractivity contribution in [2.45, 2.75) is 26.2 Å². The highest BCUT2D eigenvalue weighted by molar-refractivity contribution is 5.79. The quantitative estimate of drug-likeness (QED) is 0.652. The Morgan fingerprint density at radius 1 is 0.840 bits per heavy atom. The van der Waals surface area contributed by atoms with Gasteiger partial charge in [0.25, 0.3) is 0 Å². The third-order valence-corrected chi connectivity index (χ3v) is 4.26. The molecule has 4 heteroatoms. The fourth-order valence-electron chi connectivity index (χ4n) is 2.81. The van der Waals surface area contributed by atoms with Gasteiger partial charge in [-0.25, -0.2) is 4.98 Å². The second-order valence-electron chi connectivity index (χ2n) is 5.97. The Bertz CT molecular complexity index is 740. The average molecular weight is 336 g/mol. The third-order valence-electron chi connectivity index (χ3n) is 4.26. The first-order valence-electron chi connectivity index (χ1n) is 8.63. The van der Waals surface area contributed by atoms with Crippen molar-refractivity contribution in [2.24, 2.45) is 0 Å². The fraction of sp³-hybridized carbons (Fsp3) is 0.286. The van der Waals surface area contributed by atoms with Gasteiger partial charge >= 0.3 is 0 Å². The highest BCUT2D eigenvalue weighted by Crippen LogP contribution is 2.32. The van der Waals surface area contributed by atoms with E-state index in [1.54, 1.807) is 14.2 Å². The maximum Gasteiger partial charge on any atom is 0.118 e. The second kappa shape index (κ2) is 7.88. The zero-order valence-corrected chi connectivity index (χ0v) is 15.0. The average Bonchev–Trinajstić information content (AvgIpc) is 3.10. The van der Waals surface area contributed by atoms with Gasteiger partial charge in [0.2, 0.25) is 0 Å². The number of H-pyrrole nitrogens is 1. The van der Waals surface area contributed by atoms with Crippen molar-refractivity contribution >= 4 is 0 Å². The van der Waals surface area contributed by atoms with Crippen LogP contribution in [0, 0.1) is 0 Å². The van der Waals surface area contributed by atoms with Crippen LogP contribution in [-0.2, 0) is 6.42 Å². The number of benzene rings is 2. The standard InChI is InChI=1S/C21H24N2O2/c1-4-5-6-19-22-20(15-7-11-17(24-2)12-8-15)21(23-19)16-9-13-18(25-3)14-10-16/h7-14H,4-6H2,1-3H3,(H,22,23). The lowest BCUT2D eigenvalue weighted by atomic mass is 10.0. The third kappa shape index (κ3) is 3.85. The Morgan fingerprint density at radius 3 is 1.92 bits per heavy atom. The highest BCUT2D eigenvalue weighted by atomic mass is 16.5. The number of nitrogens with zero attached hydrogens (tertiary/aromatic N) is 1. The molecule has 1 aromatic heterocycles. The van der Waals surface area contributed by atoms with E-state index in [0.717, 1.165) is 59.1 Å². The molecule has 130 valence electrons. The van der Waals surface area contributed by atoms with Crippen molar-refractivity contribution < 1.29 is 9.47 Å². The molecule has 2 aromatic carbocycles. The molecule has 0 spiro atoms. The number of nitrogens with one attached hydrogen (secondary N) is 1. The lowest BCUT2D eigenvalue weighted by molar-refractivity contribution is 0.414. The molecule has 0 fully saturated rings. The smallest absolute Gasteiger partial charge is 0.118 e. The Labute approximate surface area is 148 Å². The van der Waals surface area contributed by atoms with Gasteiger partial charge < -0.3 is 14.5 Å². The van der Waals surface area contributed by atoms with Crippen molar-refractivity contribution in [3.8, 4) is 34.0 Å². The fourth-order valence-corrected chi connectivity index (χ4v) is 2.81. The van der Waals surface area contributed by atoms with E-state index in [4.69, 9.17) is 14.5 Å². The zero-order chi connectivity index (χ0) is 17.6. The minimum Gasteiger partial charge on any atom is -0.497 e. The van der Waals surface area contributed by atoms with Gasteiger partial charge in [-0.3, -0.25) is 0 Å². The summed E-state index contributed by atoms with van der Waals surface area (Å²) in [6, 6.07) is 16.1. The molecule has 3 aromatic rings. The minimum absolute atomic E-state index is 0.844. The van der Waals surface area contributed by atoms with E-state index in [2.05, 4.69) is 24.0 Å². The summed E-state index contributed by atoms with van der Waals surface area (Å²) in [7, 11) is 3.35. The van der Waals surface area contributed by atoms with Crippen molar-refractivity contribution in [2.75, 3.05) is 14.2 Å². The van der Waals surface area contributed by atoms with Gasteiger partial charge in [0, 0.05) is 17.5 Å². The number of rotatable bonds is 7. The first kappa shape index (κ1) is 17.1. The van der Waals surface area contributed by atoms with E-state index in [0.29, 0.717) is 0 Å². The SMILES string of the molecule is CCCCc1nc(-c2ccc(OC)cc2)c(-c2ccc(OC)cc2)[nH]1. The molecule has 1 N–H and O–H groups in total. The van der Waals surface area contributed by atoms with Crippen LogP contribution in [0.15, 0.2) is 48.5 Å². The van der Waals surface area contributed by atoms with Crippen LogP contribution in [0.25, 0.3) is 22.5 Å². The number of imidazole rings is 1. The predicted octanol–water partition coefficient (Wildman–Crippen LogP) is 5.10. The number of methoxy groups -OCH3 is 2. The van der Waals surface area contributed by atoms with Crippen molar-refractivity contribution in [3.05, 3.63) is 54.4 Å². The summed E-state index contributed by atoms with van der Waals surface area (Å²) >= 11 is 0. The molecular weight excluding hydrogens is 312 g/mol. The van der Waals surface area contributed by atoms with Gasteiger partial charge in [0.05, 0.1) is 25.6 Å². The van der Waals surface area contributed by atoms with Crippen LogP contribution in [0.3, 0.4) is 0 Å². The maximum atomic E-state index is 5.26. The molecule has 0 bridgehead atoms. The summed E-state index contributed by atoms with van der Waals surface area (Å²) in [5.74, 6) is 2.72. The number of aromatic amines is 1. The molecule has 1 heterocycles. The molecule has 4 nitrogen and oxygen atoms in total. The van der Waals surface area contributed by atoms with Crippen LogP contribution in [-0.4, -0.2) is 24.2 Å². The monoisotopic (exact) mass is 336 g/mol. The molecule has 0 aliphatic carbocycles. The van der Waals surface area contributed by atoms with Crippen LogP contribution >= 0.6 is 0 Å². The topological polar surface area (TPSA) is 47.1 Å². The molecule has 3 rings (SSSR count). The molecule has 0 saturated carbocycles. The van der Waals surface area contributed by atoms with E-state index >= 15 is 0 Å².